The maximum absolute atomic E-state index is 13.0. The van der Waals surface area contributed by atoms with Gasteiger partial charge in [0.15, 0.2) is 0 Å². The van der Waals surface area contributed by atoms with Crippen LogP contribution in [-0.4, -0.2) is 49.2 Å². The lowest BCUT2D eigenvalue weighted by Gasteiger charge is -2.43. The van der Waals surface area contributed by atoms with Crippen molar-refractivity contribution in [3.8, 4) is 0 Å². The fraction of sp³-hybridized carbons (Fsp3) is 0.727. The second-order valence-electron chi connectivity index (χ2n) is 5.66. The van der Waals surface area contributed by atoms with Crippen molar-refractivity contribution in [3.63, 3.8) is 0 Å². The molecule has 1 spiro atoms. The first kappa shape index (κ1) is 12.5. The summed E-state index contributed by atoms with van der Waals surface area (Å²) in [5.41, 5.74) is -0.289. The van der Waals surface area contributed by atoms with Crippen LogP contribution in [0.25, 0.3) is 5.78 Å². The van der Waals surface area contributed by atoms with Crippen LogP contribution in [0.2, 0.25) is 0 Å². The van der Waals surface area contributed by atoms with Crippen LogP contribution in [0.3, 0.4) is 0 Å². The van der Waals surface area contributed by atoms with Crippen LogP contribution in [0, 0.1) is 5.41 Å². The number of hydrogen-bond donors (Lipinski definition) is 1. The normalized spacial score (nSPS) is 27.2. The predicted octanol–water partition coefficient (Wildman–Crippen LogP) is 1.75. The Labute approximate surface area is 117 Å². The number of thioether (sulfide) groups is 1. The van der Waals surface area contributed by atoms with E-state index in [2.05, 4.69) is 20.3 Å². The summed E-state index contributed by atoms with van der Waals surface area (Å²) >= 11 is 1.50. The standard InChI is InChI=1S/C11H13F2N5OS/c12-11(13)3-10(4-11)1-7(19-5-10)2-20-9-17-16-8-14-6-15-18(8)9/h6-7H,1-5H2,(H,14,15,16). The third-order valence-electron chi connectivity index (χ3n) is 3.93. The number of aromatic amines is 1. The Kier molecular flexibility index (Phi) is 2.59. The van der Waals surface area contributed by atoms with Crippen LogP contribution >= 0.6 is 11.8 Å². The van der Waals surface area contributed by atoms with Crippen LogP contribution in [0.1, 0.15) is 19.3 Å². The lowest BCUT2D eigenvalue weighted by Crippen LogP contribution is -2.46. The molecule has 108 valence electrons. The van der Waals surface area contributed by atoms with E-state index in [1.807, 2.05) is 0 Å². The van der Waals surface area contributed by atoms with E-state index in [1.54, 1.807) is 10.8 Å². The molecule has 4 rings (SSSR count). The highest BCUT2D eigenvalue weighted by molar-refractivity contribution is 7.99. The van der Waals surface area contributed by atoms with Crippen molar-refractivity contribution >= 4 is 17.5 Å². The van der Waals surface area contributed by atoms with Crippen molar-refractivity contribution in [2.75, 3.05) is 12.4 Å². The molecule has 0 bridgehead atoms. The number of aromatic nitrogens is 5. The zero-order chi connectivity index (χ0) is 13.8. The van der Waals surface area contributed by atoms with Crippen LogP contribution in [0.15, 0.2) is 11.5 Å². The largest absolute Gasteiger partial charge is 0.377 e. The molecule has 2 aliphatic rings. The number of rotatable bonds is 3. The van der Waals surface area contributed by atoms with Gasteiger partial charge in [-0.05, 0) is 6.42 Å². The zero-order valence-corrected chi connectivity index (χ0v) is 11.4. The molecule has 0 radical (unpaired) electrons. The van der Waals surface area contributed by atoms with Gasteiger partial charge in [0.2, 0.25) is 11.1 Å². The van der Waals surface area contributed by atoms with E-state index in [1.165, 1.54) is 11.8 Å². The van der Waals surface area contributed by atoms with Gasteiger partial charge in [-0.25, -0.2) is 8.78 Å². The Balaban J connectivity index is 1.36. The second kappa shape index (κ2) is 4.14. The average molecular weight is 301 g/mol. The summed E-state index contributed by atoms with van der Waals surface area (Å²) < 4.78 is 33.4. The first-order valence-corrected chi connectivity index (χ1v) is 7.41. The molecule has 1 atom stereocenters. The van der Waals surface area contributed by atoms with E-state index >= 15 is 0 Å². The zero-order valence-electron chi connectivity index (χ0n) is 10.6. The molecule has 1 saturated carbocycles. The van der Waals surface area contributed by atoms with E-state index in [4.69, 9.17) is 4.74 Å². The van der Waals surface area contributed by atoms with Gasteiger partial charge in [-0.1, -0.05) is 11.8 Å². The minimum atomic E-state index is -2.49. The van der Waals surface area contributed by atoms with E-state index in [-0.39, 0.29) is 24.4 Å². The Morgan fingerprint density at radius 1 is 1.45 bits per heavy atom. The quantitative estimate of drug-likeness (QED) is 0.875. The van der Waals surface area contributed by atoms with Gasteiger partial charge in [0.05, 0.1) is 12.7 Å². The Bertz CT molecular complexity index is 634. The molecule has 0 aromatic carbocycles. The average Bonchev–Trinajstić information content (AvgIpc) is 3.00. The minimum Gasteiger partial charge on any atom is -0.377 e. The summed E-state index contributed by atoms with van der Waals surface area (Å²) in [7, 11) is 0. The Morgan fingerprint density at radius 2 is 2.30 bits per heavy atom. The summed E-state index contributed by atoms with van der Waals surface area (Å²) in [5.74, 6) is -1.27. The van der Waals surface area contributed by atoms with E-state index in [0.717, 1.165) is 0 Å². The van der Waals surface area contributed by atoms with Crippen molar-refractivity contribution in [2.24, 2.45) is 5.41 Å². The molecule has 1 aliphatic heterocycles. The number of hydrogen-bond acceptors (Lipinski definition) is 5. The number of nitrogens with one attached hydrogen (secondary N) is 1. The minimum absolute atomic E-state index is 0.00590. The molecule has 1 aliphatic carbocycles. The summed E-state index contributed by atoms with van der Waals surface area (Å²) in [5, 5.41) is 11.5. The number of H-pyrrole nitrogens is 1. The van der Waals surface area contributed by atoms with Crippen molar-refractivity contribution in [3.05, 3.63) is 6.33 Å². The van der Waals surface area contributed by atoms with Crippen LogP contribution in [0.5, 0.6) is 0 Å². The predicted molar refractivity (Wildman–Crippen MR) is 66.8 cm³/mol. The number of ether oxygens (including phenoxy) is 1. The first-order chi connectivity index (χ1) is 9.55. The maximum atomic E-state index is 13.0. The van der Waals surface area contributed by atoms with Crippen molar-refractivity contribution in [2.45, 2.75) is 36.4 Å². The summed E-state index contributed by atoms with van der Waals surface area (Å²) in [6.45, 7) is 0.452. The third kappa shape index (κ3) is 1.99. The van der Waals surface area contributed by atoms with Crippen molar-refractivity contribution in [1.82, 2.24) is 24.8 Å². The van der Waals surface area contributed by atoms with E-state index < -0.39 is 5.92 Å². The van der Waals surface area contributed by atoms with Crippen molar-refractivity contribution in [1.29, 1.82) is 0 Å². The molecule has 20 heavy (non-hydrogen) atoms. The van der Waals surface area contributed by atoms with Crippen LogP contribution < -0.4 is 0 Å². The second-order valence-corrected chi connectivity index (χ2v) is 6.65. The lowest BCUT2D eigenvalue weighted by molar-refractivity contribution is -0.160. The molecule has 9 heteroatoms. The highest BCUT2D eigenvalue weighted by Crippen LogP contribution is 2.57. The fourth-order valence-electron chi connectivity index (χ4n) is 3.16. The third-order valence-corrected chi connectivity index (χ3v) is 5.00. The fourth-order valence-corrected chi connectivity index (χ4v) is 4.07. The SMILES string of the molecule is FC1(F)CC2(COC(CSc3nnc4nc[nH]n34)C2)C1. The monoisotopic (exact) mass is 301 g/mol. The molecule has 2 aromatic heterocycles. The first-order valence-electron chi connectivity index (χ1n) is 6.42. The lowest BCUT2D eigenvalue weighted by atomic mass is 9.65. The van der Waals surface area contributed by atoms with Gasteiger partial charge < -0.3 is 4.74 Å². The van der Waals surface area contributed by atoms with Gasteiger partial charge in [-0.15, -0.1) is 10.2 Å². The number of alkyl halides is 2. The van der Waals surface area contributed by atoms with Gasteiger partial charge >= 0.3 is 0 Å². The molecule has 6 nitrogen and oxygen atoms in total. The van der Waals surface area contributed by atoms with E-state index in [9.17, 15) is 8.78 Å². The summed E-state index contributed by atoms with van der Waals surface area (Å²) in [6, 6.07) is 0. The Morgan fingerprint density at radius 3 is 3.10 bits per heavy atom. The van der Waals surface area contributed by atoms with Crippen LogP contribution in [0.4, 0.5) is 8.78 Å². The summed E-state index contributed by atoms with van der Waals surface area (Å²) in [6.07, 6.45) is 2.20. The molecule has 1 N–H and O–H groups in total. The number of nitrogens with zero attached hydrogens (tertiary/aromatic N) is 4. The molecular weight excluding hydrogens is 288 g/mol. The van der Waals surface area contributed by atoms with Gasteiger partial charge in [0, 0.05) is 24.0 Å². The topological polar surface area (TPSA) is 68.1 Å². The van der Waals surface area contributed by atoms with Gasteiger partial charge in [-0.3, -0.25) is 5.10 Å². The number of halogens is 2. The van der Waals surface area contributed by atoms with Gasteiger partial charge in [-0.2, -0.15) is 9.50 Å². The van der Waals surface area contributed by atoms with Gasteiger partial charge in [0.1, 0.15) is 6.33 Å². The highest BCUT2D eigenvalue weighted by atomic mass is 32.2. The molecule has 0 amide bonds. The molecule has 1 saturated heterocycles. The van der Waals surface area contributed by atoms with Gasteiger partial charge in [0.25, 0.3) is 5.78 Å². The highest BCUT2D eigenvalue weighted by Gasteiger charge is 2.59. The molecule has 2 fully saturated rings. The van der Waals surface area contributed by atoms with Crippen LogP contribution in [-0.2, 0) is 4.74 Å². The number of fused-ring (bicyclic) bond motifs is 1. The Hall–Kier alpha value is -1.22. The molecule has 1 unspecified atom stereocenters. The molecular formula is C11H13F2N5OS. The molecule has 2 aromatic rings. The smallest absolute Gasteiger partial charge is 0.272 e. The van der Waals surface area contributed by atoms with Crippen molar-refractivity contribution < 1.29 is 13.5 Å². The summed E-state index contributed by atoms with van der Waals surface area (Å²) in [4.78, 5) is 3.99. The van der Waals surface area contributed by atoms with E-state index in [0.29, 0.717) is 29.7 Å². The molecule has 3 heterocycles. The maximum Gasteiger partial charge on any atom is 0.272 e.